The zero-order valence-electron chi connectivity index (χ0n) is 22.4. The van der Waals surface area contributed by atoms with Gasteiger partial charge >= 0.3 is 12.1 Å². The Balaban J connectivity index is 1.56. The molecule has 4 rings (SSSR count). The first-order valence-electron chi connectivity index (χ1n) is 12.6. The Labute approximate surface area is 235 Å². The van der Waals surface area contributed by atoms with Crippen LogP contribution in [0.2, 0.25) is 0 Å². The van der Waals surface area contributed by atoms with Gasteiger partial charge in [-0.2, -0.15) is 9.30 Å². The number of hydrogen-bond donors (Lipinski definition) is 0. The lowest BCUT2D eigenvalue weighted by atomic mass is 10.2. The molecule has 1 aliphatic rings. The molecular weight excluding hydrogens is 560 g/mol. The Hall–Kier alpha value is -3.75. The summed E-state index contributed by atoms with van der Waals surface area (Å²) >= 11 is 1.22. The van der Waals surface area contributed by atoms with Crippen LogP contribution in [0.15, 0.2) is 52.4 Å². The number of hydrogen-bond acceptors (Lipinski definition) is 9. The molecule has 0 spiro atoms. The number of methoxy groups -OCH3 is 1. The molecule has 1 aliphatic heterocycles. The standard InChI is InChI=1S/C26H30N4O8S2/c1-4-37-23(31)17-30-21-11-8-19(36-3)16-22(21)39-25(30)27-24(32)18-6-9-20(10-7-18)40(34,35)29-14-12-28(13-15-29)26(33)38-5-2/h6-11,16H,4-5,12-15,17H2,1-3H3. The van der Waals surface area contributed by atoms with Crippen LogP contribution in [0, 0.1) is 0 Å². The van der Waals surface area contributed by atoms with Gasteiger partial charge in [0.2, 0.25) is 10.0 Å². The van der Waals surface area contributed by atoms with Crippen LogP contribution in [0.5, 0.6) is 5.75 Å². The van der Waals surface area contributed by atoms with E-state index in [0.29, 0.717) is 11.3 Å². The molecule has 2 heterocycles. The highest BCUT2D eigenvalue weighted by atomic mass is 32.2. The molecule has 0 N–H and O–H groups in total. The molecule has 14 heteroatoms. The van der Waals surface area contributed by atoms with E-state index >= 15 is 0 Å². The van der Waals surface area contributed by atoms with E-state index in [1.54, 1.807) is 43.7 Å². The highest BCUT2D eigenvalue weighted by molar-refractivity contribution is 7.89. The summed E-state index contributed by atoms with van der Waals surface area (Å²) in [5.41, 5.74) is 0.874. The van der Waals surface area contributed by atoms with Crippen molar-refractivity contribution in [1.82, 2.24) is 13.8 Å². The van der Waals surface area contributed by atoms with Gasteiger partial charge in [0.15, 0.2) is 4.80 Å². The normalized spacial score (nSPS) is 14.8. The average Bonchev–Trinajstić information content (AvgIpc) is 3.28. The number of rotatable bonds is 8. The molecule has 3 aromatic rings. The first-order chi connectivity index (χ1) is 19.2. The lowest BCUT2D eigenvalue weighted by Gasteiger charge is -2.33. The molecule has 0 radical (unpaired) electrons. The Kier molecular flexibility index (Phi) is 9.22. The van der Waals surface area contributed by atoms with E-state index in [9.17, 15) is 22.8 Å². The summed E-state index contributed by atoms with van der Waals surface area (Å²) in [6, 6.07) is 10.8. The van der Waals surface area contributed by atoms with Crippen LogP contribution < -0.4 is 9.54 Å². The van der Waals surface area contributed by atoms with E-state index < -0.39 is 28.0 Å². The topological polar surface area (TPSA) is 137 Å². The van der Waals surface area contributed by atoms with Crippen LogP contribution in [-0.4, -0.2) is 86.7 Å². The van der Waals surface area contributed by atoms with Gasteiger partial charge in [-0.1, -0.05) is 11.3 Å². The summed E-state index contributed by atoms with van der Waals surface area (Å²) in [6.07, 6.45) is -0.465. The summed E-state index contributed by atoms with van der Waals surface area (Å²) in [5.74, 6) is -0.443. The molecule has 1 aromatic heterocycles. The Morgan fingerprint density at radius 2 is 1.62 bits per heavy atom. The lowest BCUT2D eigenvalue weighted by molar-refractivity contribution is -0.143. The third-order valence-corrected chi connectivity index (χ3v) is 9.14. The number of fused-ring (bicyclic) bond motifs is 1. The Morgan fingerprint density at radius 1 is 0.950 bits per heavy atom. The smallest absolute Gasteiger partial charge is 0.409 e. The molecule has 0 aliphatic carbocycles. The molecule has 214 valence electrons. The number of piperazine rings is 1. The molecule has 0 bridgehead atoms. The van der Waals surface area contributed by atoms with Crippen molar-refractivity contribution in [3.63, 3.8) is 0 Å². The number of ether oxygens (including phenoxy) is 3. The van der Waals surface area contributed by atoms with Crippen molar-refractivity contribution in [3.8, 4) is 5.75 Å². The number of carbonyl (C=O) groups excluding carboxylic acids is 3. The Bertz CT molecular complexity index is 1570. The maximum atomic E-state index is 13.1. The molecule has 1 fully saturated rings. The van der Waals surface area contributed by atoms with E-state index in [1.165, 1.54) is 44.8 Å². The number of thiazole rings is 1. The van der Waals surface area contributed by atoms with Crippen molar-refractivity contribution in [3.05, 3.63) is 52.8 Å². The van der Waals surface area contributed by atoms with Crippen LogP contribution >= 0.6 is 11.3 Å². The number of aromatic nitrogens is 1. The van der Waals surface area contributed by atoms with Crippen molar-refractivity contribution < 1.29 is 37.0 Å². The second kappa shape index (κ2) is 12.6. The minimum Gasteiger partial charge on any atom is -0.497 e. The first-order valence-corrected chi connectivity index (χ1v) is 14.9. The maximum absolute atomic E-state index is 13.1. The number of amides is 2. The number of nitrogens with zero attached hydrogens (tertiary/aromatic N) is 4. The second-order valence-electron chi connectivity index (χ2n) is 8.64. The maximum Gasteiger partial charge on any atom is 0.409 e. The monoisotopic (exact) mass is 590 g/mol. The average molecular weight is 591 g/mol. The fourth-order valence-electron chi connectivity index (χ4n) is 4.15. The summed E-state index contributed by atoms with van der Waals surface area (Å²) in [6.45, 7) is 4.47. The highest BCUT2D eigenvalue weighted by Gasteiger charge is 2.30. The minimum atomic E-state index is -3.83. The van der Waals surface area contributed by atoms with Gasteiger partial charge in [-0.25, -0.2) is 13.2 Å². The van der Waals surface area contributed by atoms with Crippen molar-refractivity contribution in [1.29, 1.82) is 0 Å². The van der Waals surface area contributed by atoms with Crippen molar-refractivity contribution in [2.24, 2.45) is 4.99 Å². The van der Waals surface area contributed by atoms with E-state index in [2.05, 4.69) is 4.99 Å². The molecule has 40 heavy (non-hydrogen) atoms. The molecule has 12 nitrogen and oxygen atoms in total. The van der Waals surface area contributed by atoms with Crippen LogP contribution in [0.1, 0.15) is 24.2 Å². The number of carbonyl (C=O) groups is 3. The number of esters is 1. The van der Waals surface area contributed by atoms with Gasteiger partial charge in [0.25, 0.3) is 5.91 Å². The predicted molar refractivity (Wildman–Crippen MR) is 147 cm³/mol. The highest BCUT2D eigenvalue weighted by Crippen LogP contribution is 2.24. The van der Waals surface area contributed by atoms with Gasteiger partial charge in [-0.05, 0) is 56.3 Å². The molecule has 1 saturated heterocycles. The largest absolute Gasteiger partial charge is 0.497 e. The van der Waals surface area contributed by atoms with Crippen LogP contribution in [0.4, 0.5) is 4.79 Å². The first kappa shape index (κ1) is 29.2. The van der Waals surface area contributed by atoms with Crippen LogP contribution in [0.3, 0.4) is 0 Å². The summed E-state index contributed by atoms with van der Waals surface area (Å²) in [7, 11) is -2.28. The van der Waals surface area contributed by atoms with Crippen molar-refractivity contribution >= 4 is 49.5 Å². The van der Waals surface area contributed by atoms with Gasteiger partial charge in [0, 0.05) is 31.7 Å². The predicted octanol–water partition coefficient (Wildman–Crippen LogP) is 2.48. The fourth-order valence-corrected chi connectivity index (χ4v) is 6.63. The quantitative estimate of drug-likeness (QED) is 0.365. The molecule has 0 unspecified atom stereocenters. The molecule has 0 atom stereocenters. The van der Waals surface area contributed by atoms with Crippen molar-refractivity contribution in [2.75, 3.05) is 46.5 Å². The third-order valence-electron chi connectivity index (χ3n) is 6.18. The molecule has 2 amide bonds. The summed E-state index contributed by atoms with van der Waals surface area (Å²) < 4.78 is 45.3. The molecular formula is C26H30N4O8S2. The third kappa shape index (κ3) is 6.35. The zero-order valence-corrected chi connectivity index (χ0v) is 24.0. The lowest BCUT2D eigenvalue weighted by Crippen LogP contribution is -2.50. The van der Waals surface area contributed by atoms with E-state index in [4.69, 9.17) is 14.2 Å². The van der Waals surface area contributed by atoms with Gasteiger partial charge in [0.05, 0.1) is 35.4 Å². The zero-order chi connectivity index (χ0) is 28.9. The Morgan fingerprint density at radius 3 is 2.25 bits per heavy atom. The second-order valence-corrected chi connectivity index (χ2v) is 11.6. The van der Waals surface area contributed by atoms with Crippen LogP contribution in [-0.2, 0) is 30.8 Å². The van der Waals surface area contributed by atoms with Crippen molar-refractivity contribution in [2.45, 2.75) is 25.3 Å². The van der Waals surface area contributed by atoms with Gasteiger partial charge in [0.1, 0.15) is 12.3 Å². The molecule has 2 aromatic carbocycles. The summed E-state index contributed by atoms with van der Waals surface area (Å²) in [5, 5.41) is 0. The van der Waals surface area contributed by atoms with E-state index in [1.807, 2.05) is 0 Å². The fraction of sp³-hybridized carbons (Fsp3) is 0.385. The SMILES string of the molecule is CCOC(=O)Cn1c(=NC(=O)c2ccc(S(=O)(=O)N3CCN(C(=O)OCC)CC3)cc2)sc2cc(OC)ccc21. The minimum absolute atomic E-state index is 0.0277. The number of benzene rings is 2. The molecule has 0 saturated carbocycles. The van der Waals surface area contributed by atoms with Gasteiger partial charge in [-0.3, -0.25) is 9.59 Å². The van der Waals surface area contributed by atoms with Gasteiger partial charge in [-0.15, -0.1) is 0 Å². The van der Waals surface area contributed by atoms with E-state index in [-0.39, 0.29) is 61.2 Å². The van der Waals surface area contributed by atoms with E-state index in [0.717, 1.165) is 4.70 Å². The summed E-state index contributed by atoms with van der Waals surface area (Å²) in [4.78, 5) is 43.3. The van der Waals surface area contributed by atoms with Crippen LogP contribution in [0.25, 0.3) is 10.2 Å². The van der Waals surface area contributed by atoms with Gasteiger partial charge < -0.3 is 23.7 Å². The number of sulfonamides is 1.